The average Bonchev–Trinajstić information content (AvgIpc) is 2.69. The summed E-state index contributed by atoms with van der Waals surface area (Å²) in [6.45, 7) is 11.1. The molecule has 30 heavy (non-hydrogen) atoms. The van der Waals surface area contributed by atoms with Crippen LogP contribution < -0.4 is 5.73 Å². The molecular formula is C29H53N. The van der Waals surface area contributed by atoms with Gasteiger partial charge in [-0.05, 0) is 62.8 Å². The summed E-state index contributed by atoms with van der Waals surface area (Å²) in [6, 6.07) is 4.49. The van der Waals surface area contributed by atoms with Crippen molar-refractivity contribution in [3.05, 3.63) is 34.4 Å². The van der Waals surface area contributed by atoms with Gasteiger partial charge in [0.05, 0.1) is 0 Å². The molecule has 0 atom stereocenters. The monoisotopic (exact) mass is 415 g/mol. The van der Waals surface area contributed by atoms with Gasteiger partial charge in [-0.25, -0.2) is 0 Å². The molecule has 0 unspecified atom stereocenters. The standard InChI is InChI=1S/C29H53N/c1-6-7-8-9-10-11-12-13-14-15-16-17-18-19-20-21-22-27-26(3)25(2)23-24-28(27)29(4,5)30/h23-24H,6-22,30H2,1-5H3. The fourth-order valence-electron chi connectivity index (χ4n) is 4.65. The Morgan fingerprint density at radius 1 is 0.633 bits per heavy atom. The molecule has 1 nitrogen and oxygen atoms in total. The third-order valence-electron chi connectivity index (χ3n) is 6.84. The lowest BCUT2D eigenvalue weighted by molar-refractivity contribution is 0.526. The molecule has 1 aromatic carbocycles. The molecule has 0 aliphatic carbocycles. The third-order valence-corrected chi connectivity index (χ3v) is 6.84. The zero-order valence-electron chi connectivity index (χ0n) is 21.3. The van der Waals surface area contributed by atoms with Crippen LogP contribution >= 0.6 is 0 Å². The first kappa shape index (κ1) is 27.2. The van der Waals surface area contributed by atoms with Crippen LogP contribution in [0.15, 0.2) is 12.1 Å². The minimum atomic E-state index is -0.247. The lowest BCUT2D eigenvalue weighted by atomic mass is 9.84. The van der Waals surface area contributed by atoms with Gasteiger partial charge in [-0.15, -0.1) is 0 Å². The number of hydrogen-bond acceptors (Lipinski definition) is 1. The zero-order chi connectivity index (χ0) is 22.2. The van der Waals surface area contributed by atoms with Gasteiger partial charge in [0.15, 0.2) is 0 Å². The molecule has 0 fully saturated rings. The number of unbranched alkanes of at least 4 members (excludes halogenated alkanes) is 15. The summed E-state index contributed by atoms with van der Waals surface area (Å²) in [5.41, 5.74) is 11.9. The molecule has 0 bridgehead atoms. The van der Waals surface area contributed by atoms with Crippen LogP contribution in [0.5, 0.6) is 0 Å². The summed E-state index contributed by atoms with van der Waals surface area (Å²) < 4.78 is 0. The van der Waals surface area contributed by atoms with E-state index in [1.54, 1.807) is 0 Å². The van der Waals surface area contributed by atoms with Crippen LogP contribution in [-0.2, 0) is 12.0 Å². The predicted octanol–water partition coefficient (Wildman–Crippen LogP) is 9.30. The van der Waals surface area contributed by atoms with Crippen molar-refractivity contribution in [2.45, 2.75) is 149 Å². The van der Waals surface area contributed by atoms with Gasteiger partial charge < -0.3 is 5.73 Å². The Kier molecular flexibility index (Phi) is 14.4. The largest absolute Gasteiger partial charge is 0.322 e. The maximum absolute atomic E-state index is 6.44. The van der Waals surface area contributed by atoms with Crippen molar-refractivity contribution in [1.29, 1.82) is 0 Å². The summed E-state index contributed by atoms with van der Waals surface area (Å²) in [7, 11) is 0. The molecule has 0 spiro atoms. The third kappa shape index (κ3) is 11.5. The molecule has 174 valence electrons. The summed E-state index contributed by atoms with van der Waals surface area (Å²) in [6.07, 6.45) is 24.0. The highest BCUT2D eigenvalue weighted by Gasteiger charge is 2.19. The highest BCUT2D eigenvalue weighted by molar-refractivity contribution is 5.42. The molecule has 1 heteroatoms. The van der Waals surface area contributed by atoms with E-state index >= 15 is 0 Å². The van der Waals surface area contributed by atoms with E-state index in [0.29, 0.717) is 0 Å². The Bertz CT molecular complexity index is 552. The minimum Gasteiger partial charge on any atom is -0.322 e. The molecule has 0 amide bonds. The van der Waals surface area contributed by atoms with Crippen molar-refractivity contribution >= 4 is 0 Å². The Hall–Kier alpha value is -0.820. The maximum Gasteiger partial charge on any atom is 0.0355 e. The second kappa shape index (κ2) is 15.9. The Labute approximate surface area is 189 Å². The van der Waals surface area contributed by atoms with Crippen molar-refractivity contribution in [1.82, 2.24) is 0 Å². The topological polar surface area (TPSA) is 26.0 Å². The summed E-state index contributed by atoms with van der Waals surface area (Å²) in [5, 5.41) is 0. The van der Waals surface area contributed by atoms with Gasteiger partial charge in [0, 0.05) is 5.54 Å². The second-order valence-electron chi connectivity index (χ2n) is 10.3. The molecule has 0 aliphatic rings. The molecule has 0 heterocycles. The van der Waals surface area contributed by atoms with Gasteiger partial charge >= 0.3 is 0 Å². The van der Waals surface area contributed by atoms with Crippen LogP contribution in [0.3, 0.4) is 0 Å². The fraction of sp³-hybridized carbons (Fsp3) is 0.793. The number of aryl methyl sites for hydroxylation is 1. The predicted molar refractivity (Wildman–Crippen MR) is 136 cm³/mol. The van der Waals surface area contributed by atoms with E-state index < -0.39 is 0 Å². The highest BCUT2D eigenvalue weighted by atomic mass is 14.7. The molecule has 0 saturated heterocycles. The van der Waals surface area contributed by atoms with Crippen molar-refractivity contribution in [2.24, 2.45) is 5.73 Å². The first-order valence-corrected chi connectivity index (χ1v) is 13.3. The van der Waals surface area contributed by atoms with E-state index in [4.69, 9.17) is 5.73 Å². The first-order valence-electron chi connectivity index (χ1n) is 13.3. The van der Waals surface area contributed by atoms with Crippen molar-refractivity contribution in [2.75, 3.05) is 0 Å². The normalized spacial score (nSPS) is 11.9. The summed E-state index contributed by atoms with van der Waals surface area (Å²) in [5.74, 6) is 0. The van der Waals surface area contributed by atoms with Gasteiger partial charge in [-0.2, -0.15) is 0 Å². The quantitative estimate of drug-likeness (QED) is 0.237. The Morgan fingerprint density at radius 2 is 1.03 bits per heavy atom. The lowest BCUT2D eigenvalue weighted by Crippen LogP contribution is -2.30. The van der Waals surface area contributed by atoms with Crippen molar-refractivity contribution < 1.29 is 0 Å². The van der Waals surface area contributed by atoms with E-state index in [-0.39, 0.29) is 5.54 Å². The van der Waals surface area contributed by atoms with Gasteiger partial charge in [-0.1, -0.05) is 115 Å². The number of benzene rings is 1. The van der Waals surface area contributed by atoms with Crippen LogP contribution in [0.25, 0.3) is 0 Å². The number of nitrogens with two attached hydrogens (primary N) is 1. The first-order chi connectivity index (χ1) is 14.4. The molecule has 2 N–H and O–H groups in total. The van der Waals surface area contributed by atoms with Crippen LogP contribution in [0.1, 0.15) is 146 Å². The van der Waals surface area contributed by atoms with Gasteiger partial charge in [0.1, 0.15) is 0 Å². The molecule has 0 aliphatic heterocycles. The molecule has 0 radical (unpaired) electrons. The van der Waals surface area contributed by atoms with Gasteiger partial charge in [0.2, 0.25) is 0 Å². The Morgan fingerprint density at radius 3 is 1.43 bits per heavy atom. The minimum absolute atomic E-state index is 0.247. The maximum atomic E-state index is 6.44. The highest BCUT2D eigenvalue weighted by Crippen LogP contribution is 2.28. The summed E-state index contributed by atoms with van der Waals surface area (Å²) in [4.78, 5) is 0. The average molecular weight is 416 g/mol. The lowest BCUT2D eigenvalue weighted by Gasteiger charge is -2.25. The van der Waals surface area contributed by atoms with E-state index in [0.717, 1.165) is 0 Å². The van der Waals surface area contributed by atoms with E-state index in [1.165, 1.54) is 131 Å². The Balaban J connectivity index is 2.04. The van der Waals surface area contributed by atoms with Crippen molar-refractivity contribution in [3.63, 3.8) is 0 Å². The molecule has 1 rings (SSSR count). The molecule has 0 aromatic heterocycles. The van der Waals surface area contributed by atoms with E-state index in [1.807, 2.05) is 0 Å². The molecule has 1 aromatic rings. The SMILES string of the molecule is CCCCCCCCCCCCCCCCCCc1c(C(C)(C)N)ccc(C)c1C. The van der Waals surface area contributed by atoms with Gasteiger partial charge in [0.25, 0.3) is 0 Å². The summed E-state index contributed by atoms with van der Waals surface area (Å²) >= 11 is 0. The number of hydrogen-bond donors (Lipinski definition) is 1. The fourth-order valence-corrected chi connectivity index (χ4v) is 4.65. The molecule has 0 saturated carbocycles. The van der Waals surface area contributed by atoms with Crippen LogP contribution in [0, 0.1) is 13.8 Å². The molecular weight excluding hydrogens is 362 g/mol. The van der Waals surface area contributed by atoms with Crippen LogP contribution in [0.4, 0.5) is 0 Å². The van der Waals surface area contributed by atoms with Crippen molar-refractivity contribution in [3.8, 4) is 0 Å². The van der Waals surface area contributed by atoms with Crippen LogP contribution in [-0.4, -0.2) is 0 Å². The smallest absolute Gasteiger partial charge is 0.0355 e. The van der Waals surface area contributed by atoms with E-state index in [9.17, 15) is 0 Å². The van der Waals surface area contributed by atoms with Gasteiger partial charge in [-0.3, -0.25) is 0 Å². The van der Waals surface area contributed by atoms with Crippen LogP contribution in [0.2, 0.25) is 0 Å². The zero-order valence-corrected chi connectivity index (χ0v) is 21.3. The van der Waals surface area contributed by atoms with E-state index in [2.05, 4.69) is 46.8 Å². The second-order valence-corrected chi connectivity index (χ2v) is 10.3. The number of rotatable bonds is 18.